The van der Waals surface area contributed by atoms with Crippen molar-refractivity contribution in [3.8, 4) is 0 Å². The van der Waals surface area contributed by atoms with Gasteiger partial charge in [0.05, 0.1) is 5.56 Å². The van der Waals surface area contributed by atoms with Crippen LogP contribution >= 0.6 is 0 Å². The Morgan fingerprint density at radius 2 is 2.14 bits per heavy atom. The van der Waals surface area contributed by atoms with Gasteiger partial charge in [0, 0.05) is 17.5 Å². The van der Waals surface area contributed by atoms with E-state index in [9.17, 15) is 10.0 Å². The summed E-state index contributed by atoms with van der Waals surface area (Å²) in [5.74, 6) is -0.992. The normalized spacial score (nSPS) is 10.3. The van der Waals surface area contributed by atoms with Gasteiger partial charge in [-0.2, -0.15) is 4.73 Å². The Morgan fingerprint density at radius 1 is 1.36 bits per heavy atom. The van der Waals surface area contributed by atoms with Crippen LogP contribution in [0, 0.1) is 5.21 Å². The van der Waals surface area contributed by atoms with Crippen molar-refractivity contribution in [1.82, 2.24) is 0 Å². The van der Waals surface area contributed by atoms with E-state index in [1.54, 1.807) is 12.1 Å². The number of pyridine rings is 1. The van der Waals surface area contributed by atoms with Crippen molar-refractivity contribution in [3.63, 3.8) is 0 Å². The van der Waals surface area contributed by atoms with Crippen molar-refractivity contribution in [3.05, 3.63) is 47.3 Å². The molecule has 1 heterocycles. The van der Waals surface area contributed by atoms with Gasteiger partial charge in [-0.1, -0.05) is 0 Å². The summed E-state index contributed by atoms with van der Waals surface area (Å²) in [7, 11) is 0. The molecule has 0 radical (unpaired) electrons. The molecule has 70 valence electrons. The molecule has 0 fully saturated rings. The number of rotatable bonds is 1. The number of carboxylic acids is 1. The quantitative estimate of drug-likeness (QED) is 0.541. The molecule has 0 amide bonds. The van der Waals surface area contributed by atoms with Gasteiger partial charge in [-0.15, -0.1) is 0 Å². The maximum Gasteiger partial charge on any atom is 0.335 e. The highest BCUT2D eigenvalue weighted by Crippen LogP contribution is 2.11. The number of carboxylic acid groups (broad SMARTS) is 1. The van der Waals surface area contributed by atoms with E-state index < -0.39 is 5.97 Å². The highest BCUT2D eigenvalue weighted by atomic mass is 16.5. The number of aromatic nitrogens is 1. The summed E-state index contributed by atoms with van der Waals surface area (Å²) in [6, 6.07) is 7.69. The van der Waals surface area contributed by atoms with Crippen LogP contribution in [0.5, 0.6) is 0 Å². The SMILES string of the molecule is O=C(O)c1ccc2c(ccc[n+]2[O-])c1. The average Bonchev–Trinajstić information content (AvgIpc) is 2.17. The summed E-state index contributed by atoms with van der Waals surface area (Å²) in [6.45, 7) is 0. The Labute approximate surface area is 79.6 Å². The van der Waals surface area contributed by atoms with Gasteiger partial charge in [0.25, 0.3) is 0 Å². The molecule has 4 nitrogen and oxygen atoms in total. The molecule has 2 rings (SSSR count). The first-order chi connectivity index (χ1) is 6.68. The fourth-order valence-electron chi connectivity index (χ4n) is 1.33. The third kappa shape index (κ3) is 1.26. The number of carbonyl (C=O) groups is 1. The third-order valence-corrected chi connectivity index (χ3v) is 2.01. The van der Waals surface area contributed by atoms with Crippen LogP contribution < -0.4 is 4.73 Å². The second-order valence-electron chi connectivity index (χ2n) is 2.91. The van der Waals surface area contributed by atoms with Crippen LogP contribution in [-0.4, -0.2) is 11.1 Å². The molecule has 1 aromatic carbocycles. The van der Waals surface area contributed by atoms with Crippen LogP contribution in [0.2, 0.25) is 0 Å². The van der Waals surface area contributed by atoms with Gasteiger partial charge < -0.3 is 10.3 Å². The van der Waals surface area contributed by atoms with Gasteiger partial charge >= 0.3 is 5.97 Å². The molecular formula is C10H7NO3. The number of hydrogen-bond donors (Lipinski definition) is 1. The molecule has 0 spiro atoms. The standard InChI is InChI=1S/C10H7NO3/c12-10(13)8-3-4-9-7(6-8)2-1-5-11(9)14/h1-6H,(H,12,13). The molecule has 0 aliphatic carbocycles. The number of hydrogen-bond acceptors (Lipinski definition) is 2. The lowest BCUT2D eigenvalue weighted by Crippen LogP contribution is -2.25. The number of benzene rings is 1. The lowest BCUT2D eigenvalue weighted by Gasteiger charge is -2.01. The fraction of sp³-hybridized carbons (Fsp3) is 0. The Balaban J connectivity index is 2.73. The van der Waals surface area contributed by atoms with Crippen LogP contribution in [0.3, 0.4) is 0 Å². The maximum atomic E-state index is 11.2. The van der Waals surface area contributed by atoms with Crippen LogP contribution in [0.4, 0.5) is 0 Å². The first kappa shape index (κ1) is 8.50. The van der Waals surface area contributed by atoms with Crippen LogP contribution in [0.15, 0.2) is 36.5 Å². The van der Waals surface area contributed by atoms with Crippen molar-refractivity contribution in [2.24, 2.45) is 0 Å². The van der Waals surface area contributed by atoms with Crippen LogP contribution in [-0.2, 0) is 0 Å². The fourth-order valence-corrected chi connectivity index (χ4v) is 1.33. The zero-order valence-electron chi connectivity index (χ0n) is 7.18. The van der Waals surface area contributed by atoms with Gasteiger partial charge in [-0.25, -0.2) is 4.79 Å². The zero-order chi connectivity index (χ0) is 10.1. The van der Waals surface area contributed by atoms with Gasteiger partial charge in [0.15, 0.2) is 6.20 Å². The minimum atomic E-state index is -0.992. The highest BCUT2D eigenvalue weighted by Gasteiger charge is 2.07. The first-order valence-corrected chi connectivity index (χ1v) is 4.04. The van der Waals surface area contributed by atoms with Crippen molar-refractivity contribution in [1.29, 1.82) is 0 Å². The molecule has 0 saturated carbocycles. The van der Waals surface area contributed by atoms with Gasteiger partial charge in [0.2, 0.25) is 5.52 Å². The van der Waals surface area contributed by atoms with Crippen LogP contribution in [0.25, 0.3) is 10.9 Å². The maximum absolute atomic E-state index is 11.2. The minimum absolute atomic E-state index is 0.184. The van der Waals surface area contributed by atoms with Gasteiger partial charge in [-0.3, -0.25) is 0 Å². The van der Waals surface area contributed by atoms with E-state index >= 15 is 0 Å². The van der Waals surface area contributed by atoms with Crippen molar-refractivity contribution in [2.45, 2.75) is 0 Å². The van der Waals surface area contributed by atoms with Gasteiger partial charge in [0.1, 0.15) is 0 Å². The lowest BCUT2D eigenvalue weighted by atomic mass is 10.1. The van der Waals surface area contributed by atoms with Crippen molar-refractivity contribution in [2.75, 3.05) is 0 Å². The largest absolute Gasteiger partial charge is 0.618 e. The molecular weight excluding hydrogens is 182 g/mol. The van der Waals surface area contributed by atoms with Gasteiger partial charge in [-0.05, 0) is 18.2 Å². The van der Waals surface area contributed by atoms with E-state index in [1.165, 1.54) is 24.4 Å². The summed E-state index contributed by atoms with van der Waals surface area (Å²) in [5, 5.41) is 20.6. The monoisotopic (exact) mass is 189 g/mol. The topological polar surface area (TPSA) is 64.2 Å². The second-order valence-corrected chi connectivity index (χ2v) is 2.91. The van der Waals surface area contributed by atoms with Crippen LogP contribution in [0.1, 0.15) is 10.4 Å². The lowest BCUT2D eigenvalue weighted by molar-refractivity contribution is -0.577. The molecule has 0 atom stereocenters. The second kappa shape index (κ2) is 2.99. The first-order valence-electron chi connectivity index (χ1n) is 4.04. The predicted molar refractivity (Wildman–Crippen MR) is 49.9 cm³/mol. The predicted octanol–water partition coefficient (Wildman–Crippen LogP) is 1.17. The summed E-state index contributed by atoms with van der Waals surface area (Å²) in [6.07, 6.45) is 1.38. The van der Waals surface area contributed by atoms with Crippen molar-refractivity contribution < 1.29 is 14.6 Å². The summed E-state index contributed by atoms with van der Waals surface area (Å²) in [4.78, 5) is 10.6. The van der Waals surface area contributed by atoms with E-state index in [2.05, 4.69) is 0 Å². The molecule has 0 saturated heterocycles. The number of fused-ring (bicyclic) bond motifs is 1. The van der Waals surface area contributed by atoms with E-state index in [0.29, 0.717) is 15.6 Å². The molecule has 0 aliphatic heterocycles. The molecule has 4 heteroatoms. The molecule has 0 aliphatic rings. The third-order valence-electron chi connectivity index (χ3n) is 2.01. The van der Waals surface area contributed by atoms with E-state index in [1.807, 2.05) is 0 Å². The molecule has 2 aromatic rings. The average molecular weight is 189 g/mol. The summed E-state index contributed by atoms with van der Waals surface area (Å²) >= 11 is 0. The Hall–Kier alpha value is -2.10. The number of nitrogens with zero attached hydrogens (tertiary/aromatic N) is 1. The number of aromatic carboxylic acids is 1. The Morgan fingerprint density at radius 3 is 2.86 bits per heavy atom. The van der Waals surface area contributed by atoms with E-state index in [-0.39, 0.29) is 5.56 Å². The van der Waals surface area contributed by atoms with E-state index in [4.69, 9.17) is 5.11 Å². The zero-order valence-corrected chi connectivity index (χ0v) is 7.18. The Bertz CT molecular complexity index is 508. The highest BCUT2D eigenvalue weighted by molar-refractivity contribution is 5.92. The summed E-state index contributed by atoms with van der Waals surface area (Å²) < 4.78 is 0.709. The molecule has 1 N–H and O–H groups in total. The molecule has 0 bridgehead atoms. The van der Waals surface area contributed by atoms with E-state index in [0.717, 1.165) is 0 Å². The molecule has 14 heavy (non-hydrogen) atoms. The smallest absolute Gasteiger partial charge is 0.335 e. The summed E-state index contributed by atoms with van der Waals surface area (Å²) in [5.41, 5.74) is 0.654. The Kier molecular flexibility index (Phi) is 1.81. The molecule has 1 aromatic heterocycles. The van der Waals surface area contributed by atoms with Crippen molar-refractivity contribution >= 4 is 16.9 Å². The molecule has 0 unspecified atom stereocenters. The minimum Gasteiger partial charge on any atom is -0.618 e.